The number of hydrogen-bond donors (Lipinski definition) is 0. The Kier molecular flexibility index (Phi) is 3.50. The summed E-state index contributed by atoms with van der Waals surface area (Å²) >= 11 is 3.42. The molecule has 4 heteroatoms. The van der Waals surface area contributed by atoms with Crippen molar-refractivity contribution in [2.75, 3.05) is 14.1 Å². The second kappa shape index (κ2) is 4.75. The van der Waals surface area contributed by atoms with E-state index >= 15 is 0 Å². The predicted octanol–water partition coefficient (Wildman–Crippen LogP) is 2.72. The molecule has 3 nitrogen and oxygen atoms in total. The van der Waals surface area contributed by atoms with Gasteiger partial charge in [0.05, 0.1) is 11.5 Å². The van der Waals surface area contributed by atoms with Gasteiger partial charge in [-0.15, -0.1) is 0 Å². The highest BCUT2D eigenvalue weighted by Crippen LogP contribution is 2.42. The first-order valence-electron chi connectivity index (χ1n) is 5.76. The van der Waals surface area contributed by atoms with Gasteiger partial charge in [0.25, 0.3) is 0 Å². The maximum absolute atomic E-state index is 9.55. The van der Waals surface area contributed by atoms with E-state index in [1.54, 1.807) is 6.20 Å². The van der Waals surface area contributed by atoms with E-state index in [2.05, 4.69) is 46.0 Å². The Balaban J connectivity index is 2.32. The molecule has 1 aliphatic rings. The zero-order valence-corrected chi connectivity index (χ0v) is 11.7. The van der Waals surface area contributed by atoms with Crippen LogP contribution in [0.1, 0.15) is 24.8 Å². The molecule has 90 valence electrons. The number of halogens is 1. The molecule has 1 aliphatic carbocycles. The highest BCUT2D eigenvalue weighted by atomic mass is 79.9. The summed E-state index contributed by atoms with van der Waals surface area (Å²) in [6.45, 7) is 0. The van der Waals surface area contributed by atoms with Crippen LogP contribution in [-0.4, -0.2) is 30.0 Å². The molecule has 0 aromatic carbocycles. The van der Waals surface area contributed by atoms with Gasteiger partial charge in [-0.3, -0.25) is 4.98 Å². The Morgan fingerprint density at radius 2 is 2.29 bits per heavy atom. The Morgan fingerprint density at radius 1 is 1.53 bits per heavy atom. The summed E-state index contributed by atoms with van der Waals surface area (Å²) in [4.78, 5) is 6.39. The monoisotopic (exact) mass is 293 g/mol. The van der Waals surface area contributed by atoms with Gasteiger partial charge in [-0.2, -0.15) is 5.26 Å². The molecular formula is C13H16BrN3. The maximum atomic E-state index is 9.55. The third kappa shape index (κ3) is 2.36. The molecule has 0 radical (unpaired) electrons. The summed E-state index contributed by atoms with van der Waals surface area (Å²) in [5, 5.41) is 9.55. The number of nitrogens with zero attached hydrogens (tertiary/aromatic N) is 3. The molecule has 1 saturated carbocycles. The normalized spacial score (nSPS) is 28.3. The van der Waals surface area contributed by atoms with E-state index in [9.17, 15) is 5.26 Å². The van der Waals surface area contributed by atoms with Gasteiger partial charge in [0.15, 0.2) is 0 Å². The maximum Gasteiger partial charge on any atom is 0.0853 e. The molecule has 0 aliphatic heterocycles. The fourth-order valence-electron chi connectivity index (χ4n) is 2.56. The lowest BCUT2D eigenvalue weighted by molar-refractivity contribution is 0.291. The van der Waals surface area contributed by atoms with Crippen LogP contribution >= 0.6 is 15.9 Å². The number of nitriles is 1. The summed E-state index contributed by atoms with van der Waals surface area (Å²) in [5.74, 6) is 0. The van der Waals surface area contributed by atoms with Crippen molar-refractivity contribution in [2.45, 2.75) is 30.7 Å². The lowest BCUT2D eigenvalue weighted by Gasteiger charge is -2.23. The van der Waals surface area contributed by atoms with Gasteiger partial charge in [0.2, 0.25) is 0 Å². The molecular weight excluding hydrogens is 278 g/mol. The van der Waals surface area contributed by atoms with Crippen LogP contribution in [0, 0.1) is 11.3 Å². The van der Waals surface area contributed by atoms with E-state index < -0.39 is 0 Å². The first kappa shape index (κ1) is 12.5. The second-order valence-corrected chi connectivity index (χ2v) is 5.86. The van der Waals surface area contributed by atoms with Gasteiger partial charge >= 0.3 is 0 Å². The number of hydrogen-bond acceptors (Lipinski definition) is 3. The Labute approximate surface area is 111 Å². The quantitative estimate of drug-likeness (QED) is 0.842. The molecule has 0 N–H and O–H groups in total. The van der Waals surface area contributed by atoms with Crippen LogP contribution in [0.3, 0.4) is 0 Å². The Hall–Kier alpha value is -0.920. The largest absolute Gasteiger partial charge is 0.306 e. The molecule has 17 heavy (non-hydrogen) atoms. The lowest BCUT2D eigenvalue weighted by atomic mass is 9.81. The molecule has 1 fully saturated rings. The second-order valence-electron chi connectivity index (χ2n) is 4.95. The number of aromatic nitrogens is 1. The van der Waals surface area contributed by atoms with Crippen molar-refractivity contribution in [1.29, 1.82) is 5.26 Å². The van der Waals surface area contributed by atoms with E-state index in [-0.39, 0.29) is 5.41 Å². The van der Waals surface area contributed by atoms with E-state index in [1.165, 1.54) is 0 Å². The van der Waals surface area contributed by atoms with Crippen LogP contribution < -0.4 is 0 Å². The van der Waals surface area contributed by atoms with Crippen molar-refractivity contribution in [3.63, 3.8) is 0 Å². The minimum absolute atomic E-state index is 0.355. The van der Waals surface area contributed by atoms with Crippen molar-refractivity contribution in [2.24, 2.45) is 0 Å². The third-order valence-corrected chi connectivity index (χ3v) is 4.12. The molecule has 0 saturated heterocycles. The fraction of sp³-hybridized carbons (Fsp3) is 0.538. The number of pyridine rings is 1. The predicted molar refractivity (Wildman–Crippen MR) is 70.6 cm³/mol. The average Bonchev–Trinajstić information content (AvgIpc) is 2.75. The van der Waals surface area contributed by atoms with Crippen molar-refractivity contribution in [1.82, 2.24) is 9.88 Å². The van der Waals surface area contributed by atoms with Gasteiger partial charge in [-0.25, -0.2) is 0 Å². The summed E-state index contributed by atoms with van der Waals surface area (Å²) in [6, 6.07) is 5.03. The van der Waals surface area contributed by atoms with Crippen LogP contribution in [0.2, 0.25) is 0 Å². The minimum Gasteiger partial charge on any atom is -0.306 e. The lowest BCUT2D eigenvalue weighted by Crippen LogP contribution is -2.28. The molecule has 2 rings (SSSR count). The topological polar surface area (TPSA) is 39.9 Å². The van der Waals surface area contributed by atoms with E-state index in [1.807, 2.05) is 12.3 Å². The summed E-state index contributed by atoms with van der Waals surface area (Å²) in [5.41, 5.74) is 0.685. The molecule has 0 bridgehead atoms. The Bertz CT molecular complexity index is 452. The first-order valence-corrected chi connectivity index (χ1v) is 6.55. The highest BCUT2D eigenvalue weighted by molar-refractivity contribution is 9.10. The van der Waals surface area contributed by atoms with Gasteiger partial charge in [-0.1, -0.05) is 0 Å². The van der Waals surface area contributed by atoms with E-state index in [4.69, 9.17) is 0 Å². The molecule has 2 atom stereocenters. The van der Waals surface area contributed by atoms with Crippen molar-refractivity contribution in [3.8, 4) is 6.07 Å². The van der Waals surface area contributed by atoms with Gasteiger partial charge in [0.1, 0.15) is 0 Å². The first-order chi connectivity index (χ1) is 8.07. The third-order valence-electron chi connectivity index (χ3n) is 3.69. The minimum atomic E-state index is -0.355. The van der Waals surface area contributed by atoms with E-state index in [0.717, 1.165) is 29.3 Å². The van der Waals surface area contributed by atoms with Gasteiger partial charge in [-0.05, 0) is 60.9 Å². The SMILES string of the molecule is CN(C)C1CCC(C#N)(c2cncc(Br)c2)C1. The summed E-state index contributed by atoms with van der Waals surface area (Å²) < 4.78 is 0.943. The van der Waals surface area contributed by atoms with Gasteiger partial charge in [0, 0.05) is 22.9 Å². The van der Waals surface area contributed by atoms with Crippen molar-refractivity contribution < 1.29 is 0 Å². The number of rotatable bonds is 2. The highest BCUT2D eigenvalue weighted by Gasteiger charge is 2.41. The standard InChI is InChI=1S/C13H16BrN3/c1-17(2)12-3-4-13(6-12,9-15)10-5-11(14)8-16-7-10/h5,7-8,12H,3-4,6H2,1-2H3. The smallest absolute Gasteiger partial charge is 0.0853 e. The van der Waals surface area contributed by atoms with Crippen LogP contribution in [0.4, 0.5) is 0 Å². The zero-order chi connectivity index (χ0) is 12.5. The molecule has 2 unspecified atom stereocenters. The van der Waals surface area contributed by atoms with Crippen molar-refractivity contribution in [3.05, 3.63) is 28.5 Å². The zero-order valence-electron chi connectivity index (χ0n) is 10.2. The molecule has 1 aromatic heterocycles. The molecule has 1 aromatic rings. The van der Waals surface area contributed by atoms with Gasteiger partial charge < -0.3 is 4.90 Å². The fourth-order valence-corrected chi connectivity index (χ4v) is 2.93. The van der Waals surface area contributed by atoms with Crippen LogP contribution in [0.15, 0.2) is 22.9 Å². The van der Waals surface area contributed by atoms with Crippen LogP contribution in [0.25, 0.3) is 0 Å². The molecule has 1 heterocycles. The van der Waals surface area contributed by atoms with E-state index in [0.29, 0.717) is 6.04 Å². The molecule has 0 amide bonds. The summed E-state index contributed by atoms with van der Waals surface area (Å²) in [7, 11) is 4.16. The Morgan fingerprint density at radius 3 is 2.82 bits per heavy atom. The van der Waals surface area contributed by atoms with Crippen molar-refractivity contribution >= 4 is 15.9 Å². The average molecular weight is 294 g/mol. The summed E-state index contributed by atoms with van der Waals surface area (Å²) in [6.07, 6.45) is 6.48. The van der Waals surface area contributed by atoms with Crippen LogP contribution in [0.5, 0.6) is 0 Å². The molecule has 0 spiro atoms. The van der Waals surface area contributed by atoms with Crippen LogP contribution in [-0.2, 0) is 5.41 Å².